The normalized spacial score (nSPS) is 27.1. The van der Waals surface area contributed by atoms with Crippen LogP contribution in [0.25, 0.3) is 0 Å². The SMILES string of the molecule is COc1cc(OC)cc(C2(O)CCCCC2OC)c1. The van der Waals surface area contributed by atoms with E-state index in [-0.39, 0.29) is 6.10 Å². The van der Waals surface area contributed by atoms with Gasteiger partial charge < -0.3 is 19.3 Å². The minimum Gasteiger partial charge on any atom is -0.497 e. The Morgan fingerprint density at radius 2 is 1.68 bits per heavy atom. The predicted molar refractivity (Wildman–Crippen MR) is 72.7 cm³/mol. The van der Waals surface area contributed by atoms with Gasteiger partial charge >= 0.3 is 0 Å². The average molecular weight is 266 g/mol. The van der Waals surface area contributed by atoms with Crippen LogP contribution in [0.15, 0.2) is 18.2 Å². The molecule has 1 aromatic rings. The van der Waals surface area contributed by atoms with Crippen LogP contribution in [0.2, 0.25) is 0 Å². The van der Waals surface area contributed by atoms with Crippen molar-refractivity contribution in [3.8, 4) is 11.5 Å². The van der Waals surface area contributed by atoms with Crippen LogP contribution >= 0.6 is 0 Å². The molecule has 0 aromatic heterocycles. The van der Waals surface area contributed by atoms with Gasteiger partial charge in [-0.2, -0.15) is 0 Å². The van der Waals surface area contributed by atoms with Crippen molar-refractivity contribution in [1.82, 2.24) is 0 Å². The van der Waals surface area contributed by atoms with E-state index in [1.54, 1.807) is 27.4 Å². The molecule has 1 saturated carbocycles. The molecule has 0 radical (unpaired) electrons. The average Bonchev–Trinajstić information content (AvgIpc) is 2.47. The van der Waals surface area contributed by atoms with Crippen LogP contribution in [0.4, 0.5) is 0 Å². The molecule has 0 aliphatic heterocycles. The minimum atomic E-state index is -0.963. The molecule has 1 aromatic carbocycles. The van der Waals surface area contributed by atoms with E-state index in [0.717, 1.165) is 24.8 Å². The third-order valence-electron chi connectivity index (χ3n) is 3.94. The summed E-state index contributed by atoms with van der Waals surface area (Å²) in [7, 11) is 4.87. The minimum absolute atomic E-state index is 0.182. The Kier molecular flexibility index (Phi) is 4.32. The quantitative estimate of drug-likeness (QED) is 0.909. The van der Waals surface area contributed by atoms with Gasteiger partial charge in [-0.15, -0.1) is 0 Å². The Morgan fingerprint density at radius 1 is 1.05 bits per heavy atom. The Hall–Kier alpha value is -1.26. The predicted octanol–water partition coefficient (Wildman–Crippen LogP) is 2.48. The summed E-state index contributed by atoms with van der Waals surface area (Å²) in [4.78, 5) is 0. The van der Waals surface area contributed by atoms with E-state index in [1.165, 1.54) is 0 Å². The summed E-state index contributed by atoms with van der Waals surface area (Å²) in [5.41, 5.74) is -0.162. The summed E-state index contributed by atoms with van der Waals surface area (Å²) in [6.07, 6.45) is 3.46. The van der Waals surface area contributed by atoms with Gasteiger partial charge in [-0.3, -0.25) is 0 Å². The largest absolute Gasteiger partial charge is 0.497 e. The van der Waals surface area contributed by atoms with Crippen molar-refractivity contribution in [3.63, 3.8) is 0 Å². The van der Waals surface area contributed by atoms with Crippen molar-refractivity contribution in [1.29, 1.82) is 0 Å². The molecule has 0 bridgehead atoms. The van der Waals surface area contributed by atoms with Gasteiger partial charge in [0.25, 0.3) is 0 Å². The second-order valence-corrected chi connectivity index (χ2v) is 5.00. The number of benzene rings is 1. The molecule has 0 spiro atoms. The lowest BCUT2D eigenvalue weighted by Crippen LogP contribution is -2.43. The van der Waals surface area contributed by atoms with E-state index in [9.17, 15) is 5.11 Å². The fraction of sp³-hybridized carbons (Fsp3) is 0.600. The van der Waals surface area contributed by atoms with Gasteiger partial charge in [0, 0.05) is 13.2 Å². The first-order valence-electron chi connectivity index (χ1n) is 6.62. The lowest BCUT2D eigenvalue weighted by Gasteiger charge is -2.39. The van der Waals surface area contributed by atoms with E-state index < -0.39 is 5.60 Å². The van der Waals surface area contributed by atoms with Crippen LogP contribution in [0.5, 0.6) is 11.5 Å². The van der Waals surface area contributed by atoms with Crippen molar-refractivity contribution in [2.45, 2.75) is 37.4 Å². The topological polar surface area (TPSA) is 47.9 Å². The molecule has 4 heteroatoms. The molecule has 1 aliphatic carbocycles. The molecular formula is C15H22O4. The fourth-order valence-corrected chi connectivity index (χ4v) is 2.82. The Bertz CT molecular complexity index is 410. The number of hydrogen-bond donors (Lipinski definition) is 1. The standard InChI is InChI=1S/C15H22O4/c1-17-12-8-11(9-13(10-12)18-2)15(16)7-5-4-6-14(15)19-3/h8-10,14,16H,4-7H2,1-3H3. The smallest absolute Gasteiger partial charge is 0.122 e. The van der Waals surface area contributed by atoms with Gasteiger partial charge in [-0.1, -0.05) is 12.8 Å². The first kappa shape index (κ1) is 14.2. The highest BCUT2D eigenvalue weighted by atomic mass is 16.5. The first-order chi connectivity index (χ1) is 9.13. The molecule has 0 heterocycles. The fourth-order valence-electron chi connectivity index (χ4n) is 2.82. The molecule has 1 aliphatic rings. The van der Waals surface area contributed by atoms with Crippen LogP contribution in [-0.4, -0.2) is 32.5 Å². The number of ether oxygens (including phenoxy) is 3. The van der Waals surface area contributed by atoms with Gasteiger partial charge in [0.1, 0.15) is 17.1 Å². The molecule has 106 valence electrons. The van der Waals surface area contributed by atoms with Gasteiger partial charge in [0.05, 0.1) is 20.3 Å². The van der Waals surface area contributed by atoms with E-state index in [4.69, 9.17) is 14.2 Å². The zero-order valence-electron chi connectivity index (χ0n) is 11.8. The van der Waals surface area contributed by atoms with Crippen LogP contribution in [0.3, 0.4) is 0 Å². The highest BCUT2D eigenvalue weighted by Gasteiger charge is 2.41. The molecule has 2 unspecified atom stereocenters. The van der Waals surface area contributed by atoms with Crippen molar-refractivity contribution >= 4 is 0 Å². The van der Waals surface area contributed by atoms with Gasteiger partial charge in [-0.05, 0) is 30.5 Å². The summed E-state index contributed by atoms with van der Waals surface area (Å²) in [5, 5.41) is 11.0. The second kappa shape index (κ2) is 5.80. The summed E-state index contributed by atoms with van der Waals surface area (Å²) >= 11 is 0. The maximum absolute atomic E-state index is 11.0. The molecular weight excluding hydrogens is 244 g/mol. The van der Waals surface area contributed by atoms with E-state index in [2.05, 4.69) is 0 Å². The van der Waals surface area contributed by atoms with Gasteiger partial charge in [0.2, 0.25) is 0 Å². The Labute approximate surface area is 114 Å². The van der Waals surface area contributed by atoms with Crippen LogP contribution in [0, 0.1) is 0 Å². The number of rotatable bonds is 4. The van der Waals surface area contributed by atoms with E-state index in [0.29, 0.717) is 17.9 Å². The van der Waals surface area contributed by atoms with Crippen molar-refractivity contribution in [2.75, 3.05) is 21.3 Å². The molecule has 2 atom stereocenters. The molecule has 1 fully saturated rings. The van der Waals surface area contributed by atoms with Crippen LogP contribution in [-0.2, 0) is 10.3 Å². The summed E-state index contributed by atoms with van der Waals surface area (Å²) < 4.78 is 16.0. The Balaban J connectivity index is 2.42. The number of methoxy groups -OCH3 is 3. The van der Waals surface area contributed by atoms with Gasteiger partial charge in [-0.25, -0.2) is 0 Å². The van der Waals surface area contributed by atoms with Crippen molar-refractivity contribution in [3.05, 3.63) is 23.8 Å². The number of aliphatic hydroxyl groups is 1. The highest BCUT2D eigenvalue weighted by molar-refractivity contribution is 5.41. The van der Waals surface area contributed by atoms with Crippen LogP contribution in [0.1, 0.15) is 31.2 Å². The maximum Gasteiger partial charge on any atom is 0.122 e. The molecule has 1 N–H and O–H groups in total. The van der Waals surface area contributed by atoms with Crippen molar-refractivity contribution < 1.29 is 19.3 Å². The monoisotopic (exact) mass is 266 g/mol. The summed E-state index contributed by atoms with van der Waals surface area (Å²) in [6, 6.07) is 5.53. The molecule has 0 saturated heterocycles. The molecule has 2 rings (SSSR count). The number of hydrogen-bond acceptors (Lipinski definition) is 4. The third kappa shape index (κ3) is 2.69. The zero-order chi connectivity index (χ0) is 13.9. The molecule has 0 amide bonds. The van der Waals surface area contributed by atoms with E-state index >= 15 is 0 Å². The van der Waals surface area contributed by atoms with Crippen molar-refractivity contribution in [2.24, 2.45) is 0 Å². The highest BCUT2D eigenvalue weighted by Crippen LogP contribution is 2.41. The lowest BCUT2D eigenvalue weighted by molar-refractivity contribution is -0.122. The molecule has 4 nitrogen and oxygen atoms in total. The van der Waals surface area contributed by atoms with Crippen LogP contribution < -0.4 is 9.47 Å². The second-order valence-electron chi connectivity index (χ2n) is 5.00. The molecule has 19 heavy (non-hydrogen) atoms. The Morgan fingerprint density at radius 3 is 2.21 bits per heavy atom. The maximum atomic E-state index is 11.0. The summed E-state index contributed by atoms with van der Waals surface area (Å²) in [5.74, 6) is 1.37. The lowest BCUT2D eigenvalue weighted by atomic mass is 9.77. The first-order valence-corrected chi connectivity index (χ1v) is 6.62. The van der Waals surface area contributed by atoms with Gasteiger partial charge in [0.15, 0.2) is 0 Å². The third-order valence-corrected chi connectivity index (χ3v) is 3.94. The summed E-state index contributed by atoms with van der Waals surface area (Å²) in [6.45, 7) is 0. The zero-order valence-corrected chi connectivity index (χ0v) is 11.8. The van der Waals surface area contributed by atoms with E-state index in [1.807, 2.05) is 12.1 Å².